The van der Waals surface area contributed by atoms with Crippen LogP contribution in [0.2, 0.25) is 0 Å². The third kappa shape index (κ3) is 3.45. The summed E-state index contributed by atoms with van der Waals surface area (Å²) in [4.78, 5) is 0. The Morgan fingerprint density at radius 2 is 2.19 bits per heavy atom. The van der Waals surface area contributed by atoms with Gasteiger partial charge in [0.05, 0.1) is 12.2 Å². The van der Waals surface area contributed by atoms with E-state index in [1.807, 2.05) is 0 Å². The molecule has 116 valence electrons. The van der Waals surface area contributed by atoms with Crippen LogP contribution < -0.4 is 4.74 Å². The van der Waals surface area contributed by atoms with E-state index >= 15 is 0 Å². The normalized spacial score (nSPS) is 28.8. The molecule has 1 N–H and O–H groups in total. The van der Waals surface area contributed by atoms with Crippen LogP contribution in [0.15, 0.2) is 16.6 Å². The zero-order chi connectivity index (χ0) is 14.9. The molecule has 1 saturated carbocycles. The molecule has 1 aromatic rings. The molecule has 2 nitrogen and oxygen atoms in total. The molecule has 21 heavy (non-hydrogen) atoms. The SMILES string of the molecule is CCC1CCCC(O)(Cc2cc(Br)cc3c2OCC3)CC1. The molecule has 1 aromatic carbocycles. The van der Waals surface area contributed by atoms with Crippen molar-refractivity contribution in [3.05, 3.63) is 27.7 Å². The summed E-state index contributed by atoms with van der Waals surface area (Å²) in [5, 5.41) is 11.1. The Labute approximate surface area is 136 Å². The fraction of sp³-hybridized carbons (Fsp3) is 0.667. The van der Waals surface area contributed by atoms with Crippen LogP contribution in [0.5, 0.6) is 5.75 Å². The maximum Gasteiger partial charge on any atom is 0.125 e. The van der Waals surface area contributed by atoms with Crippen LogP contribution >= 0.6 is 15.9 Å². The minimum absolute atomic E-state index is 0.551. The second kappa shape index (κ2) is 6.29. The standard InChI is InChI=1S/C18H25BrO2/c1-2-13-4-3-7-18(20,8-5-13)12-15-11-16(19)10-14-6-9-21-17(14)15/h10-11,13,20H,2-9,12H2,1H3. The summed E-state index contributed by atoms with van der Waals surface area (Å²) in [5.41, 5.74) is 1.90. The first-order chi connectivity index (χ1) is 10.1. The minimum atomic E-state index is -0.551. The topological polar surface area (TPSA) is 29.5 Å². The largest absolute Gasteiger partial charge is 0.493 e. The van der Waals surface area contributed by atoms with Crippen LogP contribution in [0.25, 0.3) is 0 Å². The van der Waals surface area contributed by atoms with Gasteiger partial charge in [0.25, 0.3) is 0 Å². The van der Waals surface area contributed by atoms with E-state index in [9.17, 15) is 5.11 Å². The third-order valence-electron chi connectivity index (χ3n) is 5.19. The van der Waals surface area contributed by atoms with Gasteiger partial charge >= 0.3 is 0 Å². The van der Waals surface area contributed by atoms with Crippen molar-refractivity contribution >= 4 is 15.9 Å². The fourth-order valence-electron chi connectivity index (χ4n) is 3.88. The zero-order valence-corrected chi connectivity index (χ0v) is 14.4. The van der Waals surface area contributed by atoms with Crippen molar-refractivity contribution in [1.29, 1.82) is 0 Å². The molecule has 1 aliphatic heterocycles. The van der Waals surface area contributed by atoms with E-state index in [4.69, 9.17) is 4.74 Å². The molecule has 0 radical (unpaired) electrons. The van der Waals surface area contributed by atoms with E-state index < -0.39 is 5.60 Å². The van der Waals surface area contributed by atoms with Crippen molar-refractivity contribution in [3.8, 4) is 5.75 Å². The predicted molar refractivity (Wildman–Crippen MR) is 88.9 cm³/mol. The Morgan fingerprint density at radius 1 is 1.33 bits per heavy atom. The van der Waals surface area contributed by atoms with E-state index in [1.165, 1.54) is 24.0 Å². The van der Waals surface area contributed by atoms with E-state index in [2.05, 4.69) is 35.0 Å². The van der Waals surface area contributed by atoms with E-state index in [0.717, 1.165) is 61.3 Å². The van der Waals surface area contributed by atoms with Crippen molar-refractivity contribution in [2.75, 3.05) is 6.61 Å². The molecule has 0 amide bonds. The number of halogens is 1. The Kier molecular flexibility index (Phi) is 4.60. The average Bonchev–Trinajstić information content (AvgIpc) is 2.82. The summed E-state index contributed by atoms with van der Waals surface area (Å²) in [6, 6.07) is 4.28. The molecule has 3 rings (SSSR count). The quantitative estimate of drug-likeness (QED) is 0.802. The molecule has 1 aliphatic carbocycles. The molecule has 0 bridgehead atoms. The van der Waals surface area contributed by atoms with Gasteiger partial charge in [-0.2, -0.15) is 0 Å². The van der Waals surface area contributed by atoms with Crippen molar-refractivity contribution < 1.29 is 9.84 Å². The minimum Gasteiger partial charge on any atom is -0.493 e. The Bertz CT molecular complexity index is 514. The van der Waals surface area contributed by atoms with Gasteiger partial charge < -0.3 is 9.84 Å². The molecule has 0 spiro atoms. The Morgan fingerprint density at radius 3 is 3.00 bits per heavy atom. The number of hydrogen-bond acceptors (Lipinski definition) is 2. The second-order valence-electron chi connectivity index (χ2n) is 6.76. The lowest BCUT2D eigenvalue weighted by Gasteiger charge is -2.27. The van der Waals surface area contributed by atoms with Gasteiger partial charge in [-0.25, -0.2) is 0 Å². The van der Waals surface area contributed by atoms with Crippen molar-refractivity contribution in [2.45, 2.75) is 63.9 Å². The van der Waals surface area contributed by atoms with E-state index in [0.29, 0.717) is 0 Å². The maximum absolute atomic E-state index is 11.1. The molecule has 3 heteroatoms. The highest BCUT2D eigenvalue weighted by Crippen LogP contribution is 2.39. The number of fused-ring (bicyclic) bond motifs is 1. The summed E-state index contributed by atoms with van der Waals surface area (Å²) in [5.74, 6) is 1.83. The Balaban J connectivity index is 1.80. The summed E-state index contributed by atoms with van der Waals surface area (Å²) < 4.78 is 6.91. The van der Waals surface area contributed by atoms with Gasteiger partial charge in [-0.1, -0.05) is 42.1 Å². The molecular weight excluding hydrogens is 328 g/mol. The summed E-state index contributed by atoms with van der Waals surface area (Å²) in [6.07, 6.45) is 8.37. The second-order valence-corrected chi connectivity index (χ2v) is 7.67. The number of hydrogen-bond donors (Lipinski definition) is 1. The van der Waals surface area contributed by atoms with Crippen LogP contribution in [0, 0.1) is 5.92 Å². The lowest BCUT2D eigenvalue weighted by Crippen LogP contribution is -2.31. The average molecular weight is 353 g/mol. The van der Waals surface area contributed by atoms with Crippen LogP contribution in [0.3, 0.4) is 0 Å². The van der Waals surface area contributed by atoms with E-state index in [-0.39, 0.29) is 0 Å². The van der Waals surface area contributed by atoms with E-state index in [1.54, 1.807) is 0 Å². The predicted octanol–water partition coefficient (Wildman–Crippen LogP) is 4.65. The lowest BCUT2D eigenvalue weighted by molar-refractivity contribution is 0.0236. The fourth-order valence-corrected chi connectivity index (χ4v) is 4.43. The molecular formula is C18H25BrO2. The van der Waals surface area contributed by atoms with Gasteiger partial charge in [0.1, 0.15) is 5.75 Å². The number of ether oxygens (including phenoxy) is 1. The summed E-state index contributed by atoms with van der Waals surface area (Å²) in [7, 11) is 0. The van der Waals surface area contributed by atoms with Gasteiger partial charge in [0, 0.05) is 17.3 Å². The number of aliphatic hydroxyl groups is 1. The third-order valence-corrected chi connectivity index (χ3v) is 5.65. The molecule has 1 fully saturated rings. The molecule has 2 aliphatic rings. The summed E-state index contributed by atoms with van der Waals surface area (Å²) in [6.45, 7) is 3.04. The highest BCUT2D eigenvalue weighted by molar-refractivity contribution is 9.10. The first-order valence-electron chi connectivity index (χ1n) is 8.26. The maximum atomic E-state index is 11.1. The highest BCUT2D eigenvalue weighted by Gasteiger charge is 2.32. The first-order valence-corrected chi connectivity index (χ1v) is 9.05. The molecule has 2 unspecified atom stereocenters. The molecule has 0 aromatic heterocycles. The summed E-state index contributed by atoms with van der Waals surface area (Å²) >= 11 is 3.60. The van der Waals surface area contributed by atoms with Gasteiger partial charge in [0.15, 0.2) is 0 Å². The van der Waals surface area contributed by atoms with Crippen LogP contribution in [-0.4, -0.2) is 17.3 Å². The van der Waals surface area contributed by atoms with Crippen LogP contribution in [0.4, 0.5) is 0 Å². The Hall–Kier alpha value is -0.540. The first kappa shape index (κ1) is 15.4. The van der Waals surface area contributed by atoms with Gasteiger partial charge in [-0.3, -0.25) is 0 Å². The van der Waals surface area contributed by atoms with Gasteiger partial charge in [0.2, 0.25) is 0 Å². The van der Waals surface area contributed by atoms with Gasteiger partial charge in [-0.15, -0.1) is 0 Å². The molecule has 0 saturated heterocycles. The van der Waals surface area contributed by atoms with Crippen molar-refractivity contribution in [3.63, 3.8) is 0 Å². The molecule has 1 heterocycles. The molecule has 2 atom stereocenters. The monoisotopic (exact) mass is 352 g/mol. The van der Waals surface area contributed by atoms with Crippen molar-refractivity contribution in [1.82, 2.24) is 0 Å². The van der Waals surface area contributed by atoms with Crippen molar-refractivity contribution in [2.24, 2.45) is 5.92 Å². The van der Waals surface area contributed by atoms with Crippen LogP contribution in [0.1, 0.15) is 56.6 Å². The zero-order valence-electron chi connectivity index (χ0n) is 12.8. The number of benzene rings is 1. The smallest absolute Gasteiger partial charge is 0.125 e. The lowest BCUT2D eigenvalue weighted by atomic mass is 9.86. The number of rotatable bonds is 3. The van der Waals surface area contributed by atoms with Crippen LogP contribution in [-0.2, 0) is 12.8 Å². The van der Waals surface area contributed by atoms with Gasteiger partial charge in [-0.05, 0) is 48.4 Å². The highest BCUT2D eigenvalue weighted by atomic mass is 79.9.